The molecule has 1 aliphatic rings. The lowest BCUT2D eigenvalue weighted by atomic mass is 9.96. The molecule has 1 fully saturated rings. The molecule has 0 aliphatic heterocycles. The number of rotatable bonds is 8. The van der Waals surface area contributed by atoms with Gasteiger partial charge in [-0.2, -0.15) is 0 Å². The van der Waals surface area contributed by atoms with Gasteiger partial charge in [-0.05, 0) is 51.5 Å². The van der Waals surface area contributed by atoms with Crippen molar-refractivity contribution in [3.8, 4) is 0 Å². The number of nitrogens with zero attached hydrogens (tertiary/aromatic N) is 1. The van der Waals surface area contributed by atoms with E-state index in [0.717, 1.165) is 0 Å². The number of hydrogen-bond donors (Lipinski definition) is 2. The Hall–Kier alpha value is -1.73. The van der Waals surface area contributed by atoms with E-state index in [-0.39, 0.29) is 17.6 Å². The van der Waals surface area contributed by atoms with Crippen LogP contribution in [0.5, 0.6) is 0 Å². The SMILES string of the molecule is CCCCC1CCCC1NC(C)c1nc2sc(C(=O)OCC)c(C)c2c(=O)[nH]1. The molecule has 0 spiro atoms. The normalized spacial score (nSPS) is 20.6. The van der Waals surface area contributed by atoms with Crippen LogP contribution in [0.4, 0.5) is 0 Å². The van der Waals surface area contributed by atoms with Crippen LogP contribution in [0.1, 0.15) is 86.4 Å². The summed E-state index contributed by atoms with van der Waals surface area (Å²) in [5, 5.41) is 4.18. The molecule has 3 unspecified atom stereocenters. The minimum atomic E-state index is -0.389. The smallest absolute Gasteiger partial charge is 0.348 e. The topological polar surface area (TPSA) is 84.1 Å². The van der Waals surface area contributed by atoms with Gasteiger partial charge in [-0.3, -0.25) is 4.79 Å². The molecule has 2 N–H and O–H groups in total. The van der Waals surface area contributed by atoms with Gasteiger partial charge in [0.15, 0.2) is 0 Å². The first-order chi connectivity index (χ1) is 13.5. The number of carbonyl (C=O) groups excluding carboxylic acids is 1. The van der Waals surface area contributed by atoms with Crippen LogP contribution in [-0.4, -0.2) is 28.6 Å². The Morgan fingerprint density at radius 2 is 2.18 bits per heavy atom. The predicted molar refractivity (Wildman–Crippen MR) is 113 cm³/mol. The molecule has 0 saturated heterocycles. The summed E-state index contributed by atoms with van der Waals surface area (Å²) in [4.78, 5) is 33.5. The molecule has 2 aromatic rings. The number of fused-ring (bicyclic) bond motifs is 1. The molecule has 1 saturated carbocycles. The average molecular weight is 406 g/mol. The third kappa shape index (κ3) is 4.30. The van der Waals surface area contributed by atoms with Crippen LogP contribution in [0.25, 0.3) is 10.2 Å². The Kier molecular flexibility index (Phi) is 6.88. The lowest BCUT2D eigenvalue weighted by Gasteiger charge is -2.24. The molecular formula is C21H31N3O3S. The standard InChI is InChI=1S/C21H31N3O3S/c1-5-7-9-14-10-8-11-15(14)22-13(4)18-23-19(25)16-12(3)17(21(26)27-6-2)28-20(16)24-18/h13-15,22H,5-11H2,1-4H3,(H,23,24,25). The van der Waals surface area contributed by atoms with Gasteiger partial charge in [0.25, 0.3) is 5.56 Å². The Balaban J connectivity index is 1.83. The van der Waals surface area contributed by atoms with E-state index in [4.69, 9.17) is 4.74 Å². The Labute approximate surface area is 170 Å². The summed E-state index contributed by atoms with van der Waals surface area (Å²) in [6.45, 7) is 8.14. The molecule has 2 heterocycles. The molecule has 3 rings (SSSR count). The highest BCUT2D eigenvalue weighted by atomic mass is 32.1. The van der Waals surface area contributed by atoms with Gasteiger partial charge in [0.2, 0.25) is 0 Å². The molecule has 154 valence electrons. The Bertz CT molecular complexity index is 889. The van der Waals surface area contributed by atoms with E-state index < -0.39 is 0 Å². The summed E-state index contributed by atoms with van der Waals surface area (Å²) in [7, 11) is 0. The number of carbonyl (C=O) groups is 1. The predicted octanol–water partition coefficient (Wildman–Crippen LogP) is 4.48. The highest BCUT2D eigenvalue weighted by molar-refractivity contribution is 7.20. The summed E-state index contributed by atoms with van der Waals surface area (Å²) < 4.78 is 5.11. The Morgan fingerprint density at radius 3 is 2.89 bits per heavy atom. The zero-order valence-electron chi connectivity index (χ0n) is 17.3. The van der Waals surface area contributed by atoms with Crippen LogP contribution in [0, 0.1) is 12.8 Å². The van der Waals surface area contributed by atoms with Crippen LogP contribution in [0.15, 0.2) is 4.79 Å². The van der Waals surface area contributed by atoms with Crippen LogP contribution < -0.4 is 10.9 Å². The molecule has 7 heteroatoms. The highest BCUT2D eigenvalue weighted by Gasteiger charge is 2.29. The zero-order chi connectivity index (χ0) is 20.3. The molecule has 1 aliphatic carbocycles. The number of thiophene rings is 1. The zero-order valence-corrected chi connectivity index (χ0v) is 18.1. The minimum absolute atomic E-state index is 0.0437. The van der Waals surface area contributed by atoms with E-state index in [1.54, 1.807) is 13.8 Å². The van der Waals surface area contributed by atoms with Gasteiger partial charge in [-0.15, -0.1) is 11.3 Å². The van der Waals surface area contributed by atoms with Crippen molar-refractivity contribution < 1.29 is 9.53 Å². The van der Waals surface area contributed by atoms with Gasteiger partial charge in [0.05, 0.1) is 18.0 Å². The van der Waals surface area contributed by atoms with Gasteiger partial charge in [-0.1, -0.05) is 26.2 Å². The van der Waals surface area contributed by atoms with Crippen molar-refractivity contribution >= 4 is 27.5 Å². The average Bonchev–Trinajstić information content (AvgIpc) is 3.24. The van der Waals surface area contributed by atoms with Gasteiger partial charge in [0.1, 0.15) is 15.5 Å². The van der Waals surface area contributed by atoms with Crippen molar-refractivity contribution in [3.05, 3.63) is 26.6 Å². The van der Waals surface area contributed by atoms with Crippen LogP contribution in [0.3, 0.4) is 0 Å². The van der Waals surface area contributed by atoms with Crippen molar-refractivity contribution in [2.75, 3.05) is 6.61 Å². The second kappa shape index (κ2) is 9.18. The minimum Gasteiger partial charge on any atom is -0.462 e. The van der Waals surface area contributed by atoms with Crippen molar-refractivity contribution in [3.63, 3.8) is 0 Å². The lowest BCUT2D eigenvalue weighted by Crippen LogP contribution is -2.35. The van der Waals surface area contributed by atoms with Crippen molar-refractivity contribution in [1.82, 2.24) is 15.3 Å². The van der Waals surface area contributed by atoms with Crippen molar-refractivity contribution in [2.24, 2.45) is 5.92 Å². The number of nitrogens with one attached hydrogen (secondary N) is 2. The van der Waals surface area contributed by atoms with E-state index in [0.29, 0.717) is 45.0 Å². The summed E-state index contributed by atoms with van der Waals surface area (Å²) in [6, 6.07) is 0.431. The maximum atomic E-state index is 12.7. The molecule has 3 atom stereocenters. The number of aryl methyl sites for hydroxylation is 1. The Morgan fingerprint density at radius 1 is 1.39 bits per heavy atom. The summed E-state index contributed by atoms with van der Waals surface area (Å²) in [5.74, 6) is 0.951. The maximum absolute atomic E-state index is 12.7. The number of aromatic amines is 1. The van der Waals surface area contributed by atoms with Gasteiger partial charge < -0.3 is 15.0 Å². The number of hydrogen-bond acceptors (Lipinski definition) is 6. The van der Waals surface area contributed by atoms with E-state index in [1.165, 1.54) is 49.9 Å². The van der Waals surface area contributed by atoms with Gasteiger partial charge in [0, 0.05) is 6.04 Å². The third-order valence-electron chi connectivity index (χ3n) is 5.74. The highest BCUT2D eigenvalue weighted by Crippen LogP contribution is 2.32. The van der Waals surface area contributed by atoms with Crippen LogP contribution >= 0.6 is 11.3 Å². The number of aromatic nitrogens is 2. The van der Waals surface area contributed by atoms with Crippen LogP contribution in [0.2, 0.25) is 0 Å². The summed E-state index contributed by atoms with van der Waals surface area (Å²) >= 11 is 1.24. The quantitative estimate of drug-likeness (QED) is 0.633. The number of esters is 1. The fourth-order valence-corrected chi connectivity index (χ4v) is 5.31. The van der Waals surface area contributed by atoms with E-state index in [2.05, 4.69) is 22.2 Å². The van der Waals surface area contributed by atoms with E-state index >= 15 is 0 Å². The van der Waals surface area contributed by atoms with E-state index in [9.17, 15) is 9.59 Å². The molecule has 0 aromatic carbocycles. The first-order valence-electron chi connectivity index (χ1n) is 10.4. The maximum Gasteiger partial charge on any atom is 0.348 e. The lowest BCUT2D eigenvalue weighted by molar-refractivity contribution is 0.0531. The molecule has 0 bridgehead atoms. The van der Waals surface area contributed by atoms with E-state index in [1.807, 2.05) is 6.92 Å². The van der Waals surface area contributed by atoms with Gasteiger partial charge >= 0.3 is 5.97 Å². The largest absolute Gasteiger partial charge is 0.462 e. The fraction of sp³-hybridized carbons (Fsp3) is 0.667. The number of unbranched alkanes of at least 4 members (excludes halogenated alkanes) is 1. The first-order valence-corrected chi connectivity index (χ1v) is 11.2. The number of H-pyrrole nitrogens is 1. The molecular weight excluding hydrogens is 374 g/mol. The van der Waals surface area contributed by atoms with Gasteiger partial charge in [-0.25, -0.2) is 9.78 Å². The molecule has 0 radical (unpaired) electrons. The second-order valence-electron chi connectivity index (χ2n) is 7.74. The third-order valence-corrected chi connectivity index (χ3v) is 6.91. The number of ether oxygens (including phenoxy) is 1. The fourth-order valence-electron chi connectivity index (χ4n) is 4.23. The molecule has 2 aromatic heterocycles. The second-order valence-corrected chi connectivity index (χ2v) is 8.74. The van der Waals surface area contributed by atoms with Crippen molar-refractivity contribution in [2.45, 2.75) is 78.3 Å². The monoisotopic (exact) mass is 405 g/mol. The van der Waals surface area contributed by atoms with Crippen molar-refractivity contribution in [1.29, 1.82) is 0 Å². The molecule has 28 heavy (non-hydrogen) atoms. The summed E-state index contributed by atoms with van der Waals surface area (Å²) in [5.41, 5.74) is 0.460. The summed E-state index contributed by atoms with van der Waals surface area (Å²) in [6.07, 6.45) is 7.47. The first kappa shape index (κ1) is 21.0. The molecule has 0 amide bonds. The molecule has 6 nitrogen and oxygen atoms in total. The van der Waals surface area contributed by atoms with Crippen LogP contribution in [-0.2, 0) is 4.74 Å².